The van der Waals surface area contributed by atoms with Crippen molar-refractivity contribution in [3.05, 3.63) is 99.0 Å². The highest BCUT2D eigenvalue weighted by atomic mass is 32.2. The van der Waals surface area contributed by atoms with E-state index in [1.165, 1.54) is 15.1 Å². The van der Waals surface area contributed by atoms with Gasteiger partial charge in [-0.2, -0.15) is 0 Å². The highest BCUT2D eigenvalue weighted by molar-refractivity contribution is 8.27. The van der Waals surface area contributed by atoms with E-state index in [0.29, 0.717) is 32.1 Å². The van der Waals surface area contributed by atoms with Crippen LogP contribution in [0.25, 0.3) is 23.1 Å². The van der Waals surface area contributed by atoms with Gasteiger partial charge < -0.3 is 4.42 Å². The lowest BCUT2D eigenvalue weighted by molar-refractivity contribution is -0.113. The Morgan fingerprint density at radius 3 is 2.35 bits per heavy atom. The minimum atomic E-state index is -0.339. The molecule has 6 nitrogen and oxygen atoms in total. The number of furan rings is 1. The van der Waals surface area contributed by atoms with E-state index in [2.05, 4.69) is 0 Å². The molecule has 3 heterocycles. The second-order valence-corrected chi connectivity index (χ2v) is 9.67. The third-order valence-corrected chi connectivity index (χ3v) is 7.08. The van der Waals surface area contributed by atoms with E-state index in [4.69, 9.17) is 16.6 Å². The Bertz CT molecular complexity index is 1510. The van der Waals surface area contributed by atoms with Gasteiger partial charge in [-0.3, -0.25) is 19.2 Å². The fraction of sp³-hybridized carbons (Fsp3) is 0.115. The van der Waals surface area contributed by atoms with Gasteiger partial charge in [-0.05, 0) is 38.1 Å². The molecule has 170 valence electrons. The number of benzene rings is 2. The van der Waals surface area contributed by atoms with Crippen molar-refractivity contribution in [1.29, 1.82) is 0 Å². The van der Waals surface area contributed by atoms with E-state index in [0.717, 1.165) is 17.3 Å². The zero-order valence-corrected chi connectivity index (χ0v) is 20.4. The van der Waals surface area contributed by atoms with Crippen molar-refractivity contribution < 1.29 is 9.21 Å². The van der Waals surface area contributed by atoms with Crippen LogP contribution in [0.2, 0.25) is 0 Å². The first-order chi connectivity index (χ1) is 16.3. The van der Waals surface area contributed by atoms with Crippen LogP contribution in [0.15, 0.2) is 80.8 Å². The van der Waals surface area contributed by atoms with Crippen molar-refractivity contribution >= 4 is 46.0 Å². The largest absolute Gasteiger partial charge is 0.457 e. The molecule has 4 aromatic rings. The van der Waals surface area contributed by atoms with Gasteiger partial charge in [-0.15, -0.1) is 0 Å². The smallest absolute Gasteiger partial charge is 0.296 e. The van der Waals surface area contributed by atoms with Gasteiger partial charge in [0.15, 0.2) is 4.32 Å². The molecule has 0 atom stereocenters. The van der Waals surface area contributed by atoms with Gasteiger partial charge in [-0.1, -0.05) is 72.0 Å². The number of amides is 1. The van der Waals surface area contributed by atoms with E-state index in [1.54, 1.807) is 24.7 Å². The number of carbonyl (C=O) groups excluding carboxylic acids is 1. The molecule has 1 aliphatic rings. The van der Waals surface area contributed by atoms with E-state index in [-0.39, 0.29) is 17.2 Å². The van der Waals surface area contributed by atoms with Crippen molar-refractivity contribution in [2.45, 2.75) is 13.8 Å². The average Bonchev–Trinajstić information content (AvgIpc) is 3.46. The molecule has 0 bridgehead atoms. The molecule has 0 unspecified atom stereocenters. The molecule has 2 aromatic heterocycles. The van der Waals surface area contributed by atoms with Gasteiger partial charge in [-0.25, -0.2) is 4.68 Å². The number of para-hydroxylation sites is 1. The number of nitrogens with zero attached hydrogens (tertiary/aromatic N) is 3. The Kier molecular flexibility index (Phi) is 5.63. The molecule has 0 spiro atoms. The minimum absolute atomic E-state index is 0.261. The lowest BCUT2D eigenvalue weighted by atomic mass is 10.1. The number of hydrogen-bond acceptors (Lipinski definition) is 5. The van der Waals surface area contributed by atoms with Gasteiger partial charge in [0, 0.05) is 18.7 Å². The third kappa shape index (κ3) is 3.74. The monoisotopic (exact) mass is 487 g/mol. The molecule has 0 saturated carbocycles. The number of anilines is 1. The summed E-state index contributed by atoms with van der Waals surface area (Å²) in [7, 11) is 1.79. The second kappa shape index (κ2) is 8.62. The summed E-state index contributed by atoms with van der Waals surface area (Å²) in [6.07, 6.45) is 1.67. The Labute approximate surface area is 206 Å². The number of rotatable bonds is 4. The predicted molar refractivity (Wildman–Crippen MR) is 140 cm³/mol. The van der Waals surface area contributed by atoms with Crippen molar-refractivity contribution in [3.63, 3.8) is 0 Å². The number of thioether (sulfide) groups is 1. The van der Waals surface area contributed by atoms with E-state index in [9.17, 15) is 9.59 Å². The Morgan fingerprint density at radius 1 is 0.941 bits per heavy atom. The van der Waals surface area contributed by atoms with Gasteiger partial charge in [0.25, 0.3) is 11.5 Å². The first-order valence-electron chi connectivity index (χ1n) is 10.6. The van der Waals surface area contributed by atoms with Gasteiger partial charge in [0.2, 0.25) is 0 Å². The summed E-state index contributed by atoms with van der Waals surface area (Å²) < 4.78 is 9.53. The molecule has 1 fully saturated rings. The maximum absolute atomic E-state index is 13.4. The highest BCUT2D eigenvalue weighted by Gasteiger charge is 2.38. The van der Waals surface area contributed by atoms with Crippen LogP contribution in [-0.2, 0) is 11.8 Å². The molecule has 0 aliphatic carbocycles. The average molecular weight is 488 g/mol. The van der Waals surface area contributed by atoms with E-state index >= 15 is 0 Å². The molecule has 5 rings (SSSR count). The highest BCUT2D eigenvalue weighted by Crippen LogP contribution is 2.37. The standard InChI is InChI=1S/C26H21N3O3S2/c1-16-9-11-18(12-10-16)21-14-13-20(32-21)15-22-24(30)28(26(33)34-22)23-17(2)27(3)29(25(23)31)19-7-5-4-6-8-19/h4-15H,1-3H3. The molecule has 2 aromatic carbocycles. The molecule has 1 aliphatic heterocycles. The van der Waals surface area contributed by atoms with Gasteiger partial charge in [0.05, 0.1) is 16.3 Å². The quantitative estimate of drug-likeness (QED) is 0.283. The maximum atomic E-state index is 13.4. The van der Waals surface area contributed by atoms with Crippen molar-refractivity contribution in [3.8, 4) is 17.0 Å². The fourth-order valence-corrected chi connectivity index (χ4v) is 5.16. The molecule has 1 saturated heterocycles. The molecule has 0 radical (unpaired) electrons. The minimum Gasteiger partial charge on any atom is -0.457 e. The summed E-state index contributed by atoms with van der Waals surface area (Å²) in [6, 6.07) is 21.0. The fourth-order valence-electron chi connectivity index (χ4n) is 3.90. The zero-order chi connectivity index (χ0) is 24.0. The second-order valence-electron chi connectivity index (χ2n) is 8.00. The predicted octanol–water partition coefficient (Wildman–Crippen LogP) is 5.46. The Morgan fingerprint density at radius 2 is 1.65 bits per heavy atom. The van der Waals surface area contributed by atoms with Crippen LogP contribution in [0, 0.1) is 13.8 Å². The Hall–Kier alpha value is -3.62. The molecular formula is C26H21N3O3S2. The SMILES string of the molecule is Cc1ccc(-c2ccc(C=C3SC(=S)N(c4c(C)n(C)n(-c5ccccc5)c4=O)C3=O)o2)cc1. The summed E-state index contributed by atoms with van der Waals surface area (Å²) in [6.45, 7) is 3.83. The van der Waals surface area contributed by atoms with Crippen molar-refractivity contribution in [1.82, 2.24) is 9.36 Å². The van der Waals surface area contributed by atoms with Crippen LogP contribution in [0.5, 0.6) is 0 Å². The van der Waals surface area contributed by atoms with Crippen LogP contribution >= 0.6 is 24.0 Å². The maximum Gasteiger partial charge on any atom is 0.296 e. The van der Waals surface area contributed by atoms with Crippen molar-refractivity contribution in [2.24, 2.45) is 7.05 Å². The van der Waals surface area contributed by atoms with Crippen LogP contribution in [0.4, 0.5) is 5.69 Å². The zero-order valence-electron chi connectivity index (χ0n) is 18.8. The van der Waals surface area contributed by atoms with Crippen LogP contribution in [-0.4, -0.2) is 19.6 Å². The van der Waals surface area contributed by atoms with Crippen LogP contribution in [0.1, 0.15) is 17.0 Å². The molecule has 0 N–H and O–H groups in total. The number of hydrogen-bond donors (Lipinski definition) is 0. The summed E-state index contributed by atoms with van der Waals surface area (Å²) in [4.78, 5) is 28.5. The number of thiocarbonyl (C=S) groups is 1. The summed E-state index contributed by atoms with van der Waals surface area (Å²) in [5.41, 5.74) is 3.44. The molecular weight excluding hydrogens is 466 g/mol. The van der Waals surface area contributed by atoms with Crippen LogP contribution in [0.3, 0.4) is 0 Å². The number of aryl methyl sites for hydroxylation is 1. The topological polar surface area (TPSA) is 60.4 Å². The lowest BCUT2D eigenvalue weighted by Gasteiger charge is -2.12. The first-order valence-corrected chi connectivity index (χ1v) is 11.9. The summed E-state index contributed by atoms with van der Waals surface area (Å²) in [5, 5.41) is 0. The van der Waals surface area contributed by atoms with E-state index < -0.39 is 0 Å². The van der Waals surface area contributed by atoms with E-state index in [1.807, 2.05) is 73.7 Å². The lowest BCUT2D eigenvalue weighted by Crippen LogP contribution is -2.33. The van der Waals surface area contributed by atoms with Gasteiger partial charge in [0.1, 0.15) is 17.2 Å². The molecule has 34 heavy (non-hydrogen) atoms. The number of aromatic nitrogens is 2. The molecule has 8 heteroatoms. The summed E-state index contributed by atoms with van der Waals surface area (Å²) >= 11 is 6.67. The van der Waals surface area contributed by atoms with Crippen LogP contribution < -0.4 is 10.5 Å². The third-order valence-electron chi connectivity index (χ3n) is 5.78. The van der Waals surface area contributed by atoms with Crippen molar-refractivity contribution in [2.75, 3.05) is 4.90 Å². The Balaban J connectivity index is 1.49. The first kappa shape index (κ1) is 22.2. The van der Waals surface area contributed by atoms with Gasteiger partial charge >= 0.3 is 0 Å². The summed E-state index contributed by atoms with van der Waals surface area (Å²) in [5.74, 6) is 0.920. The normalized spacial score (nSPS) is 15.0. The molecule has 1 amide bonds. The number of carbonyl (C=O) groups is 1.